The van der Waals surface area contributed by atoms with E-state index in [0.29, 0.717) is 5.69 Å². The van der Waals surface area contributed by atoms with E-state index in [2.05, 4.69) is 10.6 Å². The van der Waals surface area contributed by atoms with Gasteiger partial charge in [-0.15, -0.1) is 0 Å². The van der Waals surface area contributed by atoms with E-state index in [1.807, 2.05) is 0 Å². The molecule has 108 valence electrons. The Bertz CT molecular complexity index is 517. The molecule has 1 aliphatic rings. The number of rotatable bonds is 4. The number of alkyl halides is 2. The number of hydrogen-bond donors (Lipinski definition) is 3. The molecule has 7 heteroatoms. The van der Waals surface area contributed by atoms with Crippen LogP contribution >= 0.6 is 0 Å². The van der Waals surface area contributed by atoms with Crippen LogP contribution in [0.1, 0.15) is 12.0 Å². The van der Waals surface area contributed by atoms with Gasteiger partial charge in [-0.25, -0.2) is 8.78 Å². The van der Waals surface area contributed by atoms with Crippen LogP contribution in [0.5, 0.6) is 0 Å². The minimum atomic E-state index is -2.84. The van der Waals surface area contributed by atoms with Gasteiger partial charge in [-0.05, 0) is 17.7 Å². The number of anilines is 1. The van der Waals surface area contributed by atoms with Gasteiger partial charge < -0.3 is 11.1 Å². The topological polar surface area (TPSA) is 84.2 Å². The van der Waals surface area contributed by atoms with Crippen LogP contribution in [-0.4, -0.2) is 30.3 Å². The molecule has 5 nitrogen and oxygen atoms in total. The number of hydrogen-bond acceptors (Lipinski definition) is 3. The lowest BCUT2D eigenvalue weighted by molar-refractivity contribution is -0.118. The number of nitrogens with one attached hydrogen (secondary N) is 2. The van der Waals surface area contributed by atoms with Crippen LogP contribution in [0.25, 0.3) is 0 Å². The second kappa shape index (κ2) is 5.54. The fourth-order valence-electron chi connectivity index (χ4n) is 2.04. The molecule has 0 saturated carbocycles. The van der Waals surface area contributed by atoms with Crippen molar-refractivity contribution in [2.45, 2.75) is 24.8 Å². The molecule has 0 spiro atoms. The Morgan fingerprint density at radius 2 is 2.00 bits per heavy atom. The van der Waals surface area contributed by atoms with Crippen molar-refractivity contribution >= 4 is 17.5 Å². The Morgan fingerprint density at radius 1 is 1.35 bits per heavy atom. The number of primary amides is 1. The maximum atomic E-state index is 13.0. The minimum Gasteiger partial charge on any atom is -0.369 e. The second-order valence-corrected chi connectivity index (χ2v) is 4.82. The van der Waals surface area contributed by atoms with E-state index < -0.39 is 36.7 Å². The Balaban J connectivity index is 1.93. The van der Waals surface area contributed by atoms with E-state index >= 15 is 0 Å². The molecule has 1 aromatic rings. The van der Waals surface area contributed by atoms with Crippen LogP contribution in [0, 0.1) is 0 Å². The molecule has 0 aromatic heterocycles. The molecule has 2 rings (SSSR count). The number of benzene rings is 1. The predicted octanol–water partition coefficient (Wildman–Crippen LogP) is 0.650. The summed E-state index contributed by atoms with van der Waals surface area (Å²) in [6.07, 6.45) is -0.386. The van der Waals surface area contributed by atoms with Gasteiger partial charge in [0.05, 0.1) is 19.0 Å². The summed E-state index contributed by atoms with van der Waals surface area (Å²) in [6, 6.07) is 5.61. The van der Waals surface area contributed by atoms with Crippen LogP contribution in [0.15, 0.2) is 24.3 Å². The van der Waals surface area contributed by atoms with E-state index in [1.165, 1.54) is 0 Å². The van der Waals surface area contributed by atoms with E-state index in [9.17, 15) is 18.4 Å². The SMILES string of the molecule is NC(=O)Cc1ccc(NC(=O)C2CC(F)(F)CN2)cc1. The summed E-state index contributed by atoms with van der Waals surface area (Å²) in [6.45, 7) is -0.483. The maximum Gasteiger partial charge on any atom is 0.262 e. The largest absolute Gasteiger partial charge is 0.369 e. The van der Waals surface area contributed by atoms with Crippen molar-refractivity contribution in [1.29, 1.82) is 0 Å². The molecule has 1 saturated heterocycles. The Labute approximate surface area is 114 Å². The van der Waals surface area contributed by atoms with Crippen molar-refractivity contribution in [1.82, 2.24) is 5.32 Å². The smallest absolute Gasteiger partial charge is 0.262 e. The monoisotopic (exact) mass is 283 g/mol. The van der Waals surface area contributed by atoms with Gasteiger partial charge in [0.2, 0.25) is 11.8 Å². The van der Waals surface area contributed by atoms with E-state index in [-0.39, 0.29) is 6.42 Å². The molecule has 20 heavy (non-hydrogen) atoms. The molecular weight excluding hydrogens is 268 g/mol. The van der Waals surface area contributed by atoms with Crippen LogP contribution < -0.4 is 16.4 Å². The lowest BCUT2D eigenvalue weighted by atomic mass is 10.1. The fourth-order valence-corrected chi connectivity index (χ4v) is 2.04. The summed E-state index contributed by atoms with van der Waals surface area (Å²) >= 11 is 0. The summed E-state index contributed by atoms with van der Waals surface area (Å²) in [5.74, 6) is -3.78. The maximum absolute atomic E-state index is 13.0. The Kier molecular flexibility index (Phi) is 3.99. The summed E-state index contributed by atoms with van der Waals surface area (Å²) in [7, 11) is 0. The highest BCUT2D eigenvalue weighted by atomic mass is 19.3. The van der Waals surface area contributed by atoms with Gasteiger partial charge in [0.15, 0.2) is 0 Å². The highest BCUT2D eigenvalue weighted by Crippen LogP contribution is 2.25. The number of nitrogens with two attached hydrogens (primary N) is 1. The summed E-state index contributed by atoms with van der Waals surface area (Å²) in [5, 5.41) is 5.03. The first kappa shape index (κ1) is 14.4. The molecule has 4 N–H and O–H groups in total. The molecule has 1 fully saturated rings. The molecule has 0 radical (unpaired) electrons. The Morgan fingerprint density at radius 3 is 2.50 bits per heavy atom. The lowest BCUT2D eigenvalue weighted by Gasteiger charge is -2.11. The normalized spacial score (nSPS) is 20.6. The fraction of sp³-hybridized carbons (Fsp3) is 0.385. The van der Waals surface area contributed by atoms with Gasteiger partial charge in [0.25, 0.3) is 5.92 Å². The lowest BCUT2D eigenvalue weighted by Crippen LogP contribution is -2.35. The standard InChI is InChI=1S/C13H15F2N3O2/c14-13(15)6-10(17-7-13)12(20)18-9-3-1-8(2-4-9)5-11(16)19/h1-4,10,17H,5-7H2,(H2,16,19)(H,18,20). The Hall–Kier alpha value is -2.02. The van der Waals surface area contributed by atoms with Crippen LogP contribution in [0.2, 0.25) is 0 Å². The number of carbonyl (C=O) groups is 2. The number of carbonyl (C=O) groups excluding carboxylic acids is 2. The van der Waals surface area contributed by atoms with Gasteiger partial charge in [-0.1, -0.05) is 12.1 Å². The first-order chi connectivity index (χ1) is 9.35. The van der Waals surface area contributed by atoms with Gasteiger partial charge >= 0.3 is 0 Å². The van der Waals surface area contributed by atoms with Gasteiger partial charge in [-0.3, -0.25) is 14.9 Å². The molecule has 1 aromatic carbocycles. The average molecular weight is 283 g/mol. The van der Waals surface area contributed by atoms with E-state index in [4.69, 9.17) is 5.73 Å². The third kappa shape index (κ3) is 3.74. The van der Waals surface area contributed by atoms with Crippen LogP contribution in [0.3, 0.4) is 0 Å². The molecular formula is C13H15F2N3O2. The molecule has 0 aliphatic carbocycles. The molecule has 1 aliphatic heterocycles. The first-order valence-electron chi connectivity index (χ1n) is 6.15. The van der Waals surface area contributed by atoms with Crippen molar-refractivity contribution < 1.29 is 18.4 Å². The third-order valence-corrected chi connectivity index (χ3v) is 3.03. The number of halogens is 2. The van der Waals surface area contributed by atoms with Crippen LogP contribution in [0.4, 0.5) is 14.5 Å². The average Bonchev–Trinajstić information content (AvgIpc) is 2.72. The predicted molar refractivity (Wildman–Crippen MR) is 69.3 cm³/mol. The van der Waals surface area contributed by atoms with Crippen molar-refractivity contribution in [3.05, 3.63) is 29.8 Å². The van der Waals surface area contributed by atoms with Crippen molar-refractivity contribution in [3.8, 4) is 0 Å². The molecule has 2 amide bonds. The zero-order chi connectivity index (χ0) is 14.8. The zero-order valence-corrected chi connectivity index (χ0v) is 10.7. The van der Waals surface area contributed by atoms with Crippen molar-refractivity contribution in [2.75, 3.05) is 11.9 Å². The minimum absolute atomic E-state index is 0.116. The molecule has 1 unspecified atom stereocenters. The van der Waals surface area contributed by atoms with Gasteiger partial charge in [-0.2, -0.15) is 0 Å². The van der Waals surface area contributed by atoms with Crippen molar-refractivity contribution in [3.63, 3.8) is 0 Å². The molecule has 0 bridgehead atoms. The van der Waals surface area contributed by atoms with Gasteiger partial charge in [0.1, 0.15) is 0 Å². The first-order valence-corrected chi connectivity index (χ1v) is 6.15. The highest BCUT2D eigenvalue weighted by Gasteiger charge is 2.42. The van der Waals surface area contributed by atoms with Gasteiger partial charge in [0, 0.05) is 12.1 Å². The summed E-state index contributed by atoms with van der Waals surface area (Å²) < 4.78 is 26.0. The molecule has 1 heterocycles. The summed E-state index contributed by atoms with van der Waals surface area (Å²) in [5.41, 5.74) is 6.27. The highest BCUT2D eigenvalue weighted by molar-refractivity contribution is 5.95. The third-order valence-electron chi connectivity index (χ3n) is 3.03. The van der Waals surface area contributed by atoms with Crippen LogP contribution in [-0.2, 0) is 16.0 Å². The number of amides is 2. The molecule has 1 atom stereocenters. The van der Waals surface area contributed by atoms with E-state index in [1.54, 1.807) is 24.3 Å². The zero-order valence-electron chi connectivity index (χ0n) is 10.7. The second-order valence-electron chi connectivity index (χ2n) is 4.82. The summed E-state index contributed by atoms with van der Waals surface area (Å²) in [4.78, 5) is 22.5. The van der Waals surface area contributed by atoms with E-state index in [0.717, 1.165) is 5.56 Å². The quantitative estimate of drug-likeness (QED) is 0.758. The van der Waals surface area contributed by atoms with Crippen molar-refractivity contribution in [2.24, 2.45) is 5.73 Å².